The van der Waals surface area contributed by atoms with E-state index in [-0.39, 0.29) is 28.7 Å². The summed E-state index contributed by atoms with van der Waals surface area (Å²) < 4.78 is 38.9. The number of rotatable bonds is 6. The average Bonchev–Trinajstić information content (AvgIpc) is 2.67. The molecule has 1 amide bonds. The van der Waals surface area contributed by atoms with Gasteiger partial charge in [-0.1, -0.05) is 12.1 Å². The molecule has 2 aromatic carbocycles. The summed E-state index contributed by atoms with van der Waals surface area (Å²) in [5.41, 5.74) is 5.90. The number of hydrogen-bond acceptors (Lipinski definition) is 6. The predicted octanol–water partition coefficient (Wildman–Crippen LogP) is 1.34. The number of fused-ring (bicyclic) bond motifs is 1. The van der Waals surface area contributed by atoms with E-state index in [2.05, 4.69) is 10.0 Å². The van der Waals surface area contributed by atoms with Gasteiger partial charge in [0, 0.05) is 18.7 Å². The topological polar surface area (TPSA) is 120 Å². The van der Waals surface area contributed by atoms with Gasteiger partial charge < -0.3 is 20.5 Å². The largest absolute Gasteiger partial charge is 0.486 e. The number of carbonyl (C=O) groups excluding carboxylic acids is 1. The third kappa shape index (κ3) is 4.32. The first-order chi connectivity index (χ1) is 12.9. The predicted molar refractivity (Wildman–Crippen MR) is 101 cm³/mol. The second-order valence-electron chi connectivity index (χ2n) is 6.07. The maximum atomic E-state index is 12.8. The summed E-state index contributed by atoms with van der Waals surface area (Å²) in [6, 6.07) is 10.5. The van der Waals surface area contributed by atoms with Gasteiger partial charge in [0.25, 0.3) is 15.9 Å². The number of hydrogen-bond donors (Lipinski definition) is 3. The van der Waals surface area contributed by atoms with Crippen molar-refractivity contribution in [3.63, 3.8) is 0 Å². The summed E-state index contributed by atoms with van der Waals surface area (Å²) in [5, 5.41) is 2.72. The molecule has 3 rings (SSSR count). The Morgan fingerprint density at radius 1 is 1.15 bits per heavy atom. The van der Waals surface area contributed by atoms with Crippen LogP contribution in [0.4, 0.5) is 5.69 Å². The highest BCUT2D eigenvalue weighted by Gasteiger charge is 2.22. The molecule has 27 heavy (non-hydrogen) atoms. The Balaban J connectivity index is 1.87. The van der Waals surface area contributed by atoms with Crippen LogP contribution in [0.1, 0.15) is 17.3 Å². The lowest BCUT2D eigenvalue weighted by Gasteiger charge is -2.19. The van der Waals surface area contributed by atoms with Crippen molar-refractivity contribution in [1.29, 1.82) is 0 Å². The van der Waals surface area contributed by atoms with Crippen LogP contribution >= 0.6 is 0 Å². The molecule has 8 nitrogen and oxygen atoms in total. The Hall–Kier alpha value is -2.78. The summed E-state index contributed by atoms with van der Waals surface area (Å²) in [4.78, 5) is 12.4. The number of sulfonamides is 1. The molecule has 0 unspecified atom stereocenters. The molecular weight excluding hydrogens is 370 g/mol. The smallest absolute Gasteiger partial charge is 0.262 e. The van der Waals surface area contributed by atoms with Crippen molar-refractivity contribution in [1.82, 2.24) is 5.32 Å². The number of carbonyl (C=O) groups is 1. The Bertz CT molecular complexity index is 946. The molecule has 0 saturated carbocycles. The first-order valence-corrected chi connectivity index (χ1v) is 9.91. The fourth-order valence-corrected chi connectivity index (χ4v) is 3.62. The van der Waals surface area contributed by atoms with Crippen molar-refractivity contribution in [2.45, 2.75) is 17.9 Å². The number of nitrogens with one attached hydrogen (secondary N) is 2. The summed E-state index contributed by atoms with van der Waals surface area (Å²) in [6.45, 7) is 2.81. The number of amides is 1. The first-order valence-electron chi connectivity index (χ1n) is 8.43. The Morgan fingerprint density at radius 2 is 1.85 bits per heavy atom. The summed E-state index contributed by atoms with van der Waals surface area (Å²) in [7, 11) is -3.93. The quantitative estimate of drug-likeness (QED) is 0.683. The zero-order valence-corrected chi connectivity index (χ0v) is 15.6. The monoisotopic (exact) mass is 391 g/mol. The van der Waals surface area contributed by atoms with E-state index in [9.17, 15) is 13.2 Å². The van der Waals surface area contributed by atoms with E-state index in [1.807, 2.05) is 0 Å². The lowest BCUT2D eigenvalue weighted by atomic mass is 10.1. The van der Waals surface area contributed by atoms with Crippen LogP contribution in [0.15, 0.2) is 47.4 Å². The van der Waals surface area contributed by atoms with Crippen molar-refractivity contribution >= 4 is 21.6 Å². The first kappa shape index (κ1) is 19.0. The van der Waals surface area contributed by atoms with Crippen LogP contribution in [-0.4, -0.2) is 40.1 Å². The van der Waals surface area contributed by atoms with Gasteiger partial charge in [-0.3, -0.25) is 9.52 Å². The van der Waals surface area contributed by atoms with Crippen molar-refractivity contribution < 1.29 is 22.7 Å². The maximum absolute atomic E-state index is 12.8. The minimum Gasteiger partial charge on any atom is -0.486 e. The molecule has 0 saturated heterocycles. The van der Waals surface area contributed by atoms with Crippen LogP contribution in [0.2, 0.25) is 0 Å². The SMILES string of the molecule is C[C@@H](CN)NC(=O)c1ccccc1NS(=O)(=O)c1ccc2c(c1)OCCO2. The molecule has 0 aliphatic carbocycles. The van der Waals surface area contributed by atoms with E-state index < -0.39 is 15.9 Å². The van der Waals surface area contributed by atoms with E-state index in [4.69, 9.17) is 15.2 Å². The molecule has 1 aliphatic rings. The van der Waals surface area contributed by atoms with Crippen LogP contribution < -0.4 is 25.2 Å². The summed E-state index contributed by atoms with van der Waals surface area (Å²) in [5.74, 6) is 0.455. The fraction of sp³-hybridized carbons (Fsp3) is 0.278. The van der Waals surface area contributed by atoms with Gasteiger partial charge in [0.1, 0.15) is 13.2 Å². The van der Waals surface area contributed by atoms with Crippen LogP contribution in [-0.2, 0) is 10.0 Å². The van der Waals surface area contributed by atoms with Gasteiger partial charge in [-0.15, -0.1) is 0 Å². The van der Waals surface area contributed by atoms with Crippen molar-refractivity contribution in [2.75, 3.05) is 24.5 Å². The van der Waals surface area contributed by atoms with Crippen LogP contribution in [0, 0.1) is 0 Å². The molecule has 0 spiro atoms. The number of para-hydroxylation sites is 1. The molecule has 144 valence electrons. The van der Waals surface area contributed by atoms with Gasteiger partial charge in [0.15, 0.2) is 11.5 Å². The van der Waals surface area contributed by atoms with Crippen molar-refractivity contribution in [3.8, 4) is 11.5 Å². The molecule has 9 heteroatoms. The fourth-order valence-electron chi connectivity index (χ4n) is 2.53. The van der Waals surface area contributed by atoms with Crippen molar-refractivity contribution in [2.24, 2.45) is 5.73 Å². The van der Waals surface area contributed by atoms with Gasteiger partial charge in [-0.2, -0.15) is 0 Å². The van der Waals surface area contributed by atoms with Crippen molar-refractivity contribution in [3.05, 3.63) is 48.0 Å². The molecule has 1 heterocycles. The van der Waals surface area contributed by atoms with E-state index in [1.54, 1.807) is 31.2 Å². The Kier molecular flexibility index (Phi) is 5.52. The molecule has 0 fully saturated rings. The standard InChI is InChI=1S/C18H21N3O5S/c1-12(11-19)20-18(22)14-4-2-3-5-15(14)21-27(23,24)13-6-7-16-17(10-13)26-9-8-25-16/h2-7,10,12,21H,8-9,11,19H2,1H3,(H,20,22)/t12-/m0/s1. The zero-order valence-electron chi connectivity index (χ0n) is 14.8. The van der Waals surface area contributed by atoms with Gasteiger partial charge >= 0.3 is 0 Å². The number of nitrogens with two attached hydrogens (primary N) is 1. The van der Waals surface area contributed by atoms with Gasteiger partial charge in [0.2, 0.25) is 0 Å². The van der Waals surface area contributed by atoms with E-state index in [0.29, 0.717) is 24.7 Å². The minimum absolute atomic E-state index is 0.0114. The second-order valence-corrected chi connectivity index (χ2v) is 7.75. The highest BCUT2D eigenvalue weighted by molar-refractivity contribution is 7.92. The van der Waals surface area contributed by atoms with Crippen LogP contribution in [0.3, 0.4) is 0 Å². The molecule has 0 bridgehead atoms. The highest BCUT2D eigenvalue weighted by Crippen LogP contribution is 2.33. The lowest BCUT2D eigenvalue weighted by Crippen LogP contribution is -2.38. The van der Waals surface area contributed by atoms with E-state index in [0.717, 1.165) is 0 Å². The van der Waals surface area contributed by atoms with Gasteiger partial charge in [0.05, 0.1) is 16.1 Å². The number of benzene rings is 2. The molecule has 0 radical (unpaired) electrons. The van der Waals surface area contributed by atoms with Gasteiger partial charge in [-0.05, 0) is 31.2 Å². The number of anilines is 1. The Morgan fingerprint density at radius 3 is 2.59 bits per heavy atom. The molecule has 4 N–H and O–H groups in total. The highest BCUT2D eigenvalue weighted by atomic mass is 32.2. The number of ether oxygens (including phenoxy) is 2. The molecular formula is C18H21N3O5S. The van der Waals surface area contributed by atoms with Crippen LogP contribution in [0.5, 0.6) is 11.5 Å². The molecule has 1 aliphatic heterocycles. The Labute approximate surface area is 157 Å². The zero-order chi connectivity index (χ0) is 19.4. The minimum atomic E-state index is -3.93. The van der Waals surface area contributed by atoms with Crippen LogP contribution in [0.25, 0.3) is 0 Å². The summed E-state index contributed by atoms with van der Waals surface area (Å²) in [6.07, 6.45) is 0. The third-order valence-electron chi connectivity index (χ3n) is 3.97. The summed E-state index contributed by atoms with van der Waals surface area (Å²) >= 11 is 0. The average molecular weight is 391 g/mol. The second kappa shape index (κ2) is 7.85. The van der Waals surface area contributed by atoms with E-state index >= 15 is 0 Å². The molecule has 2 aromatic rings. The maximum Gasteiger partial charge on any atom is 0.262 e. The van der Waals surface area contributed by atoms with Gasteiger partial charge in [-0.25, -0.2) is 8.42 Å². The normalized spacial score (nSPS) is 14.3. The third-order valence-corrected chi connectivity index (χ3v) is 5.33. The molecule has 0 aromatic heterocycles. The molecule has 1 atom stereocenters. The van der Waals surface area contributed by atoms with E-state index in [1.165, 1.54) is 18.2 Å². The lowest BCUT2D eigenvalue weighted by molar-refractivity contribution is 0.0942.